The summed E-state index contributed by atoms with van der Waals surface area (Å²) in [7, 11) is -3.52. The molecule has 1 aliphatic carbocycles. The molecule has 1 heterocycles. The highest BCUT2D eigenvalue weighted by atomic mass is 32.2. The van der Waals surface area contributed by atoms with Crippen molar-refractivity contribution in [3.05, 3.63) is 18.2 Å². The second kappa shape index (κ2) is 4.66. The number of ether oxygens (including phenoxy) is 2. The summed E-state index contributed by atoms with van der Waals surface area (Å²) in [5.74, 6) is 1.05. The van der Waals surface area contributed by atoms with Gasteiger partial charge in [-0.3, -0.25) is 0 Å². The van der Waals surface area contributed by atoms with Crippen molar-refractivity contribution in [2.45, 2.75) is 29.8 Å². The standard InChI is InChI=1S/C12H16N2O4S/c13-8-5-9(6-8)14-19(15,16)10-1-2-11-12(7-10)18-4-3-17-11/h1-2,7-9,14H,3-6,13H2. The Morgan fingerprint density at radius 1 is 1.16 bits per heavy atom. The summed E-state index contributed by atoms with van der Waals surface area (Å²) in [6.45, 7) is 0.915. The first-order valence-corrected chi connectivity index (χ1v) is 7.70. The summed E-state index contributed by atoms with van der Waals surface area (Å²) in [6.07, 6.45) is 1.37. The van der Waals surface area contributed by atoms with Gasteiger partial charge in [-0.15, -0.1) is 0 Å². The molecule has 1 aromatic rings. The first kappa shape index (κ1) is 12.7. The van der Waals surface area contributed by atoms with Crippen LogP contribution in [0.1, 0.15) is 12.8 Å². The van der Waals surface area contributed by atoms with Gasteiger partial charge in [-0.25, -0.2) is 13.1 Å². The molecule has 6 nitrogen and oxygen atoms in total. The fraction of sp³-hybridized carbons (Fsp3) is 0.500. The maximum absolute atomic E-state index is 12.2. The highest BCUT2D eigenvalue weighted by Crippen LogP contribution is 2.32. The Hall–Kier alpha value is -1.31. The third-order valence-electron chi connectivity index (χ3n) is 3.32. The van der Waals surface area contributed by atoms with Crippen LogP contribution >= 0.6 is 0 Å². The maximum Gasteiger partial charge on any atom is 0.240 e. The van der Waals surface area contributed by atoms with Gasteiger partial charge in [0.05, 0.1) is 4.90 Å². The Bertz CT molecular complexity index is 581. The quantitative estimate of drug-likeness (QED) is 0.829. The number of hydrogen-bond donors (Lipinski definition) is 2. The molecule has 1 aliphatic heterocycles. The molecule has 1 aromatic carbocycles. The normalized spacial score (nSPS) is 25.7. The summed E-state index contributed by atoms with van der Waals surface area (Å²) in [4.78, 5) is 0.192. The zero-order valence-corrected chi connectivity index (χ0v) is 11.2. The fourth-order valence-electron chi connectivity index (χ4n) is 2.24. The van der Waals surface area contributed by atoms with Gasteiger partial charge in [-0.1, -0.05) is 0 Å². The van der Waals surface area contributed by atoms with E-state index >= 15 is 0 Å². The van der Waals surface area contributed by atoms with Gasteiger partial charge in [0, 0.05) is 18.2 Å². The van der Waals surface area contributed by atoms with Gasteiger partial charge >= 0.3 is 0 Å². The molecule has 1 fully saturated rings. The monoisotopic (exact) mass is 284 g/mol. The van der Waals surface area contributed by atoms with Crippen molar-refractivity contribution in [2.75, 3.05) is 13.2 Å². The Labute approximate surface area is 111 Å². The van der Waals surface area contributed by atoms with Crippen LogP contribution in [0.3, 0.4) is 0 Å². The lowest BCUT2D eigenvalue weighted by molar-refractivity contribution is 0.171. The lowest BCUT2D eigenvalue weighted by Gasteiger charge is -2.32. The molecule has 0 aromatic heterocycles. The first-order valence-electron chi connectivity index (χ1n) is 6.22. The molecule has 3 rings (SSSR count). The van der Waals surface area contributed by atoms with E-state index in [4.69, 9.17) is 15.2 Å². The predicted octanol–water partition coefficient (Wildman–Crippen LogP) is 0.226. The molecule has 0 atom stereocenters. The van der Waals surface area contributed by atoms with E-state index in [0.717, 1.165) is 0 Å². The third-order valence-corrected chi connectivity index (χ3v) is 4.84. The second-order valence-electron chi connectivity index (χ2n) is 4.86. The third kappa shape index (κ3) is 2.54. The molecule has 0 amide bonds. The number of nitrogens with one attached hydrogen (secondary N) is 1. The van der Waals surface area contributed by atoms with E-state index in [1.54, 1.807) is 6.07 Å². The second-order valence-corrected chi connectivity index (χ2v) is 6.57. The van der Waals surface area contributed by atoms with Crippen molar-refractivity contribution in [3.8, 4) is 11.5 Å². The molecule has 0 spiro atoms. The largest absolute Gasteiger partial charge is 0.486 e. The van der Waals surface area contributed by atoms with E-state index in [9.17, 15) is 8.42 Å². The maximum atomic E-state index is 12.2. The Morgan fingerprint density at radius 3 is 2.53 bits per heavy atom. The molecule has 104 valence electrons. The number of hydrogen-bond acceptors (Lipinski definition) is 5. The Balaban J connectivity index is 1.80. The minimum Gasteiger partial charge on any atom is -0.486 e. The van der Waals surface area contributed by atoms with Crippen molar-refractivity contribution >= 4 is 10.0 Å². The Kier molecular flexibility index (Phi) is 3.12. The zero-order valence-electron chi connectivity index (χ0n) is 10.3. The van der Waals surface area contributed by atoms with Gasteiger partial charge in [0.2, 0.25) is 10.0 Å². The van der Waals surface area contributed by atoms with E-state index in [0.29, 0.717) is 37.6 Å². The van der Waals surface area contributed by atoms with Gasteiger partial charge in [0.15, 0.2) is 11.5 Å². The minimum atomic E-state index is -3.52. The summed E-state index contributed by atoms with van der Waals surface area (Å²) in [6, 6.07) is 4.68. The number of rotatable bonds is 3. The molecule has 0 saturated heterocycles. The highest BCUT2D eigenvalue weighted by Gasteiger charge is 2.30. The van der Waals surface area contributed by atoms with Crippen LogP contribution in [0.5, 0.6) is 11.5 Å². The molecular weight excluding hydrogens is 268 g/mol. The minimum absolute atomic E-state index is 0.0619. The summed E-state index contributed by atoms with van der Waals surface area (Å²) >= 11 is 0. The lowest BCUT2D eigenvalue weighted by atomic mass is 9.89. The van der Waals surface area contributed by atoms with E-state index in [1.165, 1.54) is 12.1 Å². The number of fused-ring (bicyclic) bond motifs is 1. The van der Waals surface area contributed by atoms with Crippen molar-refractivity contribution in [2.24, 2.45) is 5.73 Å². The molecule has 19 heavy (non-hydrogen) atoms. The lowest BCUT2D eigenvalue weighted by Crippen LogP contribution is -2.50. The van der Waals surface area contributed by atoms with Crippen molar-refractivity contribution < 1.29 is 17.9 Å². The molecule has 0 radical (unpaired) electrons. The summed E-state index contributed by atoms with van der Waals surface area (Å²) < 4.78 is 37.7. The fourth-order valence-corrected chi connectivity index (χ4v) is 3.51. The molecule has 0 unspecified atom stereocenters. The van der Waals surface area contributed by atoms with Crippen LogP contribution in [0.2, 0.25) is 0 Å². The first-order chi connectivity index (χ1) is 9.04. The van der Waals surface area contributed by atoms with Gasteiger partial charge in [0.1, 0.15) is 13.2 Å². The van der Waals surface area contributed by atoms with E-state index in [1.807, 2.05) is 0 Å². The van der Waals surface area contributed by atoms with E-state index in [2.05, 4.69) is 4.72 Å². The van der Waals surface area contributed by atoms with Crippen molar-refractivity contribution in [1.29, 1.82) is 0 Å². The number of benzene rings is 1. The molecule has 7 heteroatoms. The van der Waals surface area contributed by atoms with Crippen LogP contribution in [0.25, 0.3) is 0 Å². The zero-order chi connectivity index (χ0) is 13.5. The Morgan fingerprint density at radius 2 is 1.84 bits per heavy atom. The topological polar surface area (TPSA) is 90.7 Å². The van der Waals surface area contributed by atoms with Gasteiger partial charge in [-0.2, -0.15) is 0 Å². The molecular formula is C12H16N2O4S. The summed E-state index contributed by atoms with van der Waals surface area (Å²) in [5.41, 5.74) is 5.65. The van der Waals surface area contributed by atoms with Crippen LogP contribution in [0.15, 0.2) is 23.1 Å². The number of sulfonamides is 1. The van der Waals surface area contributed by atoms with Gasteiger partial charge < -0.3 is 15.2 Å². The summed E-state index contributed by atoms with van der Waals surface area (Å²) in [5, 5.41) is 0. The van der Waals surface area contributed by atoms with E-state index in [-0.39, 0.29) is 17.0 Å². The molecule has 2 aliphatic rings. The smallest absolute Gasteiger partial charge is 0.240 e. The van der Waals surface area contributed by atoms with Crippen LogP contribution in [-0.4, -0.2) is 33.7 Å². The van der Waals surface area contributed by atoms with Crippen molar-refractivity contribution in [1.82, 2.24) is 4.72 Å². The average molecular weight is 284 g/mol. The van der Waals surface area contributed by atoms with Gasteiger partial charge in [-0.05, 0) is 25.0 Å². The van der Waals surface area contributed by atoms with Crippen LogP contribution in [0.4, 0.5) is 0 Å². The average Bonchev–Trinajstić information content (AvgIpc) is 2.36. The van der Waals surface area contributed by atoms with Crippen LogP contribution in [0, 0.1) is 0 Å². The van der Waals surface area contributed by atoms with Crippen molar-refractivity contribution in [3.63, 3.8) is 0 Å². The van der Waals surface area contributed by atoms with Gasteiger partial charge in [0.25, 0.3) is 0 Å². The molecule has 1 saturated carbocycles. The predicted molar refractivity (Wildman–Crippen MR) is 68.8 cm³/mol. The SMILES string of the molecule is NC1CC(NS(=O)(=O)c2ccc3c(c2)OCCO3)C1. The van der Waals surface area contributed by atoms with E-state index < -0.39 is 10.0 Å². The van der Waals surface area contributed by atoms with Crippen LogP contribution in [-0.2, 0) is 10.0 Å². The number of nitrogens with two attached hydrogens (primary N) is 1. The van der Waals surface area contributed by atoms with Crippen LogP contribution < -0.4 is 19.9 Å². The molecule has 0 bridgehead atoms. The molecule has 3 N–H and O–H groups in total. The highest BCUT2D eigenvalue weighted by molar-refractivity contribution is 7.89.